The van der Waals surface area contributed by atoms with Crippen molar-refractivity contribution in [1.29, 1.82) is 0 Å². The quantitative estimate of drug-likeness (QED) is 0.163. The van der Waals surface area contributed by atoms with Gasteiger partial charge in [0.2, 0.25) is 0 Å². The number of ether oxygens (including phenoxy) is 5. The maximum Gasteiger partial charge on any atom is 0.338 e. The molecule has 0 radical (unpaired) electrons. The molecule has 1 atom stereocenters. The number of carbonyl (C=O) groups is 1. The van der Waals surface area contributed by atoms with Crippen LogP contribution in [-0.4, -0.2) is 60.8 Å². The van der Waals surface area contributed by atoms with Gasteiger partial charge >= 0.3 is 5.97 Å². The first-order chi connectivity index (χ1) is 14.6. The minimum absolute atomic E-state index is 0.0109. The van der Waals surface area contributed by atoms with Crippen LogP contribution in [0.5, 0.6) is 5.75 Å². The number of carbonyl (C=O) groups excluding carboxylic acids is 1. The fourth-order valence-corrected chi connectivity index (χ4v) is 2.22. The molecular weight excluding hydrogens is 408 g/mol. The highest BCUT2D eigenvalue weighted by molar-refractivity contribution is 5.91. The van der Waals surface area contributed by atoms with Gasteiger partial charge in [-0.05, 0) is 31.5 Å². The Bertz CT molecular complexity index is 700. The second-order valence-corrected chi connectivity index (χ2v) is 7.54. The minimum atomic E-state index is -1.86. The van der Waals surface area contributed by atoms with Crippen molar-refractivity contribution in [2.45, 2.75) is 46.7 Å². The number of aliphatic hydroxyl groups excluding tert-OH is 2. The van der Waals surface area contributed by atoms with Gasteiger partial charge in [-0.15, -0.1) is 0 Å². The first-order valence-corrected chi connectivity index (χ1v) is 10.0. The van der Waals surface area contributed by atoms with Crippen molar-refractivity contribution in [2.75, 3.05) is 33.2 Å². The van der Waals surface area contributed by atoms with Crippen LogP contribution in [0.2, 0.25) is 0 Å². The SMILES string of the molecule is C=C(C)OCOCCOC(=O)c1cc(OCCOC(O)C(C)(C)CC)ccc1C(O)O. The van der Waals surface area contributed by atoms with E-state index in [2.05, 4.69) is 6.58 Å². The fourth-order valence-electron chi connectivity index (χ4n) is 2.22. The maximum atomic E-state index is 12.4. The van der Waals surface area contributed by atoms with Crippen LogP contribution in [0.25, 0.3) is 0 Å². The molecule has 1 rings (SSSR count). The van der Waals surface area contributed by atoms with E-state index in [9.17, 15) is 20.1 Å². The molecule has 31 heavy (non-hydrogen) atoms. The van der Waals surface area contributed by atoms with Crippen LogP contribution >= 0.6 is 0 Å². The van der Waals surface area contributed by atoms with Gasteiger partial charge in [0.15, 0.2) is 19.4 Å². The molecule has 0 amide bonds. The van der Waals surface area contributed by atoms with Crippen molar-refractivity contribution >= 4 is 5.97 Å². The molecule has 1 aromatic carbocycles. The van der Waals surface area contributed by atoms with E-state index >= 15 is 0 Å². The number of esters is 1. The van der Waals surface area contributed by atoms with Crippen molar-refractivity contribution in [3.63, 3.8) is 0 Å². The maximum absolute atomic E-state index is 12.4. The Balaban J connectivity index is 2.60. The third-order valence-corrected chi connectivity index (χ3v) is 4.58. The molecular formula is C22H34O9. The summed E-state index contributed by atoms with van der Waals surface area (Å²) in [6.07, 6.45) is -2.04. The Morgan fingerprint density at radius 2 is 1.81 bits per heavy atom. The highest BCUT2D eigenvalue weighted by Gasteiger charge is 2.26. The third-order valence-electron chi connectivity index (χ3n) is 4.58. The molecule has 0 aliphatic heterocycles. The number of aliphatic hydroxyl groups is 3. The number of hydrogen-bond donors (Lipinski definition) is 3. The van der Waals surface area contributed by atoms with E-state index in [0.717, 1.165) is 6.42 Å². The van der Waals surface area contributed by atoms with Crippen molar-refractivity contribution in [3.8, 4) is 5.75 Å². The molecule has 0 aliphatic rings. The summed E-state index contributed by atoms with van der Waals surface area (Å²) in [4.78, 5) is 12.4. The Morgan fingerprint density at radius 3 is 2.42 bits per heavy atom. The second-order valence-electron chi connectivity index (χ2n) is 7.54. The molecule has 0 aliphatic carbocycles. The lowest BCUT2D eigenvalue weighted by molar-refractivity contribution is -0.168. The molecule has 9 heteroatoms. The van der Waals surface area contributed by atoms with E-state index in [4.69, 9.17) is 23.7 Å². The monoisotopic (exact) mass is 442 g/mol. The first kappa shape index (κ1) is 26.9. The average Bonchev–Trinajstić information content (AvgIpc) is 2.72. The van der Waals surface area contributed by atoms with E-state index in [-0.39, 0.29) is 49.8 Å². The second kappa shape index (κ2) is 13.3. The highest BCUT2D eigenvalue weighted by atomic mass is 16.7. The smallest absolute Gasteiger partial charge is 0.338 e. The lowest BCUT2D eigenvalue weighted by Crippen LogP contribution is -2.32. The predicted octanol–water partition coefficient (Wildman–Crippen LogP) is 2.50. The summed E-state index contributed by atoms with van der Waals surface area (Å²) in [5, 5.41) is 29.1. The Hall–Kier alpha value is -2.17. The summed E-state index contributed by atoms with van der Waals surface area (Å²) in [5.41, 5.74) is -0.435. The number of hydrogen-bond acceptors (Lipinski definition) is 9. The Kier molecular flexibility index (Phi) is 11.5. The summed E-state index contributed by atoms with van der Waals surface area (Å²) in [6, 6.07) is 4.22. The number of rotatable bonds is 15. The summed E-state index contributed by atoms with van der Waals surface area (Å²) in [5.74, 6) is 0.0639. The number of allylic oxidation sites excluding steroid dienone is 1. The Morgan fingerprint density at radius 1 is 1.10 bits per heavy atom. The molecule has 3 N–H and O–H groups in total. The van der Waals surface area contributed by atoms with E-state index in [1.807, 2.05) is 20.8 Å². The van der Waals surface area contributed by atoms with Crippen molar-refractivity contribution in [3.05, 3.63) is 41.7 Å². The van der Waals surface area contributed by atoms with E-state index < -0.39 is 18.5 Å². The normalized spacial score (nSPS) is 12.5. The molecule has 0 heterocycles. The highest BCUT2D eigenvalue weighted by Crippen LogP contribution is 2.26. The van der Waals surface area contributed by atoms with Gasteiger partial charge in [-0.25, -0.2) is 4.79 Å². The minimum Gasteiger partial charge on any atom is -0.491 e. The lowest BCUT2D eigenvalue weighted by Gasteiger charge is -2.28. The zero-order valence-electron chi connectivity index (χ0n) is 18.6. The fraction of sp³-hybridized carbons (Fsp3) is 0.591. The topological polar surface area (TPSA) is 124 Å². The molecule has 0 aromatic heterocycles. The molecule has 9 nitrogen and oxygen atoms in total. The van der Waals surface area contributed by atoms with E-state index in [1.165, 1.54) is 18.2 Å². The summed E-state index contributed by atoms with van der Waals surface area (Å²) >= 11 is 0. The third kappa shape index (κ3) is 9.67. The molecule has 0 bridgehead atoms. The zero-order chi connectivity index (χ0) is 23.4. The largest absolute Gasteiger partial charge is 0.491 e. The van der Waals surface area contributed by atoms with Crippen LogP contribution < -0.4 is 4.74 Å². The van der Waals surface area contributed by atoms with Gasteiger partial charge in [0.1, 0.15) is 19.0 Å². The summed E-state index contributed by atoms with van der Waals surface area (Å²) < 4.78 is 26.2. The predicted molar refractivity (Wildman–Crippen MR) is 112 cm³/mol. The summed E-state index contributed by atoms with van der Waals surface area (Å²) in [7, 11) is 0. The van der Waals surface area contributed by atoms with Gasteiger partial charge in [0.05, 0.1) is 24.5 Å². The van der Waals surface area contributed by atoms with E-state index in [0.29, 0.717) is 11.5 Å². The van der Waals surface area contributed by atoms with Gasteiger partial charge in [0, 0.05) is 11.0 Å². The number of benzene rings is 1. The van der Waals surface area contributed by atoms with Crippen molar-refractivity contribution < 1.29 is 43.8 Å². The summed E-state index contributed by atoms with van der Waals surface area (Å²) in [6.45, 7) is 11.3. The van der Waals surface area contributed by atoms with Crippen LogP contribution in [0.15, 0.2) is 30.5 Å². The van der Waals surface area contributed by atoms with E-state index in [1.54, 1.807) is 6.92 Å². The van der Waals surface area contributed by atoms with Gasteiger partial charge < -0.3 is 39.0 Å². The molecule has 0 saturated carbocycles. The van der Waals surface area contributed by atoms with Crippen molar-refractivity contribution in [1.82, 2.24) is 0 Å². The van der Waals surface area contributed by atoms with Gasteiger partial charge in [-0.1, -0.05) is 27.4 Å². The van der Waals surface area contributed by atoms with Crippen LogP contribution in [-0.2, 0) is 18.9 Å². The van der Waals surface area contributed by atoms with Crippen LogP contribution in [0.1, 0.15) is 56.3 Å². The lowest BCUT2D eigenvalue weighted by atomic mass is 9.90. The van der Waals surface area contributed by atoms with Gasteiger partial charge in [-0.2, -0.15) is 0 Å². The Labute approximate surface area is 183 Å². The van der Waals surface area contributed by atoms with Crippen LogP contribution in [0.3, 0.4) is 0 Å². The molecule has 1 aromatic rings. The van der Waals surface area contributed by atoms with Crippen molar-refractivity contribution in [2.24, 2.45) is 5.41 Å². The standard InChI is InChI=1S/C22H34O9/c1-6-22(4,5)21(26)30-12-11-28-16-7-8-17(19(23)24)18(13-16)20(25)29-10-9-27-14-31-15(2)3/h7-8,13,19,21,23-24,26H,2,6,9-12,14H2,1,3-5H3. The van der Waals surface area contributed by atoms with Crippen LogP contribution in [0, 0.1) is 5.41 Å². The molecule has 0 saturated heterocycles. The molecule has 176 valence electrons. The van der Waals surface area contributed by atoms with Gasteiger partial charge in [-0.3, -0.25) is 0 Å². The molecule has 0 fully saturated rings. The first-order valence-electron chi connectivity index (χ1n) is 10.0. The molecule has 1 unspecified atom stereocenters. The molecule has 0 spiro atoms. The average molecular weight is 443 g/mol. The van der Waals surface area contributed by atoms with Crippen LogP contribution in [0.4, 0.5) is 0 Å². The van der Waals surface area contributed by atoms with Gasteiger partial charge in [0.25, 0.3) is 0 Å². The zero-order valence-corrected chi connectivity index (χ0v) is 18.6.